The van der Waals surface area contributed by atoms with Gasteiger partial charge in [0.2, 0.25) is 10.0 Å². The molecule has 2 rings (SSSR count). The number of carbonyl (C=O) groups is 1. The van der Waals surface area contributed by atoms with E-state index in [2.05, 4.69) is 0 Å². The molecule has 1 aromatic rings. The second-order valence-electron chi connectivity index (χ2n) is 3.68. The summed E-state index contributed by atoms with van der Waals surface area (Å²) < 4.78 is 27.7. The Morgan fingerprint density at radius 2 is 2.06 bits per heavy atom. The van der Waals surface area contributed by atoms with Crippen molar-refractivity contribution in [3.8, 4) is 5.75 Å². The van der Waals surface area contributed by atoms with Gasteiger partial charge in [-0.25, -0.2) is 13.6 Å². The third-order valence-electron chi connectivity index (χ3n) is 2.24. The van der Waals surface area contributed by atoms with Crippen molar-refractivity contribution in [2.45, 2.75) is 23.8 Å². The zero-order valence-electron chi connectivity index (χ0n) is 8.42. The van der Waals surface area contributed by atoms with E-state index >= 15 is 0 Å². The number of hydrogen-bond acceptors (Lipinski definition) is 4. The van der Waals surface area contributed by atoms with Gasteiger partial charge in [-0.3, -0.25) is 4.79 Å². The van der Waals surface area contributed by atoms with Gasteiger partial charge in [-0.05, 0) is 31.0 Å². The number of ether oxygens (including phenoxy) is 1. The van der Waals surface area contributed by atoms with Crippen molar-refractivity contribution in [3.63, 3.8) is 0 Å². The van der Waals surface area contributed by atoms with Gasteiger partial charge in [0, 0.05) is 5.56 Å². The molecule has 0 atom stereocenters. The number of benzene rings is 1. The van der Waals surface area contributed by atoms with Crippen LogP contribution in [0.3, 0.4) is 0 Å². The SMILES string of the molecule is NS(=O)(=O)c1ccc(OC2CC2)cc1C=O. The third-order valence-corrected chi connectivity index (χ3v) is 3.23. The van der Waals surface area contributed by atoms with Crippen molar-refractivity contribution in [1.29, 1.82) is 0 Å². The third kappa shape index (κ3) is 2.40. The Hall–Kier alpha value is -1.40. The topological polar surface area (TPSA) is 86.5 Å². The summed E-state index contributed by atoms with van der Waals surface area (Å²) >= 11 is 0. The van der Waals surface area contributed by atoms with E-state index < -0.39 is 10.0 Å². The van der Waals surface area contributed by atoms with Gasteiger partial charge in [0.25, 0.3) is 0 Å². The lowest BCUT2D eigenvalue weighted by Gasteiger charge is -2.07. The molecule has 1 aliphatic rings. The first-order valence-electron chi connectivity index (χ1n) is 4.79. The van der Waals surface area contributed by atoms with Crippen LogP contribution in [-0.2, 0) is 10.0 Å². The highest BCUT2D eigenvalue weighted by Gasteiger charge is 2.24. The van der Waals surface area contributed by atoms with E-state index in [4.69, 9.17) is 9.88 Å². The molecule has 0 heterocycles. The Balaban J connectivity index is 2.37. The molecule has 1 fully saturated rings. The molecule has 0 unspecified atom stereocenters. The van der Waals surface area contributed by atoms with E-state index in [0.717, 1.165) is 12.8 Å². The second kappa shape index (κ2) is 3.88. The van der Waals surface area contributed by atoms with Crippen molar-refractivity contribution in [3.05, 3.63) is 23.8 Å². The van der Waals surface area contributed by atoms with Gasteiger partial charge in [-0.2, -0.15) is 0 Å². The Morgan fingerprint density at radius 3 is 2.56 bits per heavy atom. The lowest BCUT2D eigenvalue weighted by Crippen LogP contribution is -2.14. The molecule has 1 aliphatic carbocycles. The van der Waals surface area contributed by atoms with E-state index in [1.807, 2.05) is 0 Å². The molecule has 0 spiro atoms. The van der Waals surface area contributed by atoms with Crippen LogP contribution >= 0.6 is 0 Å². The maximum atomic E-state index is 11.1. The summed E-state index contributed by atoms with van der Waals surface area (Å²) in [6.45, 7) is 0. The highest BCUT2D eigenvalue weighted by atomic mass is 32.2. The van der Waals surface area contributed by atoms with E-state index in [-0.39, 0.29) is 16.6 Å². The Labute approximate surface area is 93.3 Å². The first-order valence-corrected chi connectivity index (χ1v) is 6.34. The number of hydrogen-bond donors (Lipinski definition) is 1. The lowest BCUT2D eigenvalue weighted by molar-refractivity contribution is 0.112. The van der Waals surface area contributed by atoms with E-state index in [9.17, 15) is 13.2 Å². The van der Waals surface area contributed by atoms with Gasteiger partial charge < -0.3 is 4.74 Å². The number of aldehydes is 1. The number of sulfonamides is 1. The van der Waals surface area contributed by atoms with Crippen LogP contribution in [0.25, 0.3) is 0 Å². The van der Waals surface area contributed by atoms with Gasteiger partial charge >= 0.3 is 0 Å². The maximum absolute atomic E-state index is 11.1. The quantitative estimate of drug-likeness (QED) is 0.785. The largest absolute Gasteiger partial charge is 0.490 e. The van der Waals surface area contributed by atoms with Gasteiger partial charge in [-0.1, -0.05) is 0 Å². The minimum atomic E-state index is -3.86. The summed E-state index contributed by atoms with van der Waals surface area (Å²) in [5, 5.41) is 4.97. The molecule has 16 heavy (non-hydrogen) atoms. The standard InChI is InChI=1S/C10H11NO4S/c11-16(13,14)10-4-3-9(5-7(10)6-12)15-8-1-2-8/h3-6,8H,1-2H2,(H2,11,13,14). The van der Waals surface area contributed by atoms with Crippen LogP contribution in [0.2, 0.25) is 0 Å². The van der Waals surface area contributed by atoms with Gasteiger partial charge in [0.05, 0.1) is 11.0 Å². The van der Waals surface area contributed by atoms with Crippen LogP contribution in [0.5, 0.6) is 5.75 Å². The van der Waals surface area contributed by atoms with E-state index in [1.165, 1.54) is 18.2 Å². The number of carbonyl (C=O) groups excluding carboxylic acids is 1. The zero-order chi connectivity index (χ0) is 11.8. The molecule has 86 valence electrons. The molecule has 0 amide bonds. The first kappa shape index (κ1) is 11.1. The maximum Gasteiger partial charge on any atom is 0.238 e. The molecule has 0 radical (unpaired) electrons. The van der Waals surface area contributed by atoms with Gasteiger partial charge in [-0.15, -0.1) is 0 Å². The summed E-state index contributed by atoms with van der Waals surface area (Å²) in [6.07, 6.45) is 2.64. The summed E-state index contributed by atoms with van der Waals surface area (Å²) in [4.78, 5) is 10.6. The molecule has 5 nitrogen and oxygen atoms in total. The molecule has 2 N–H and O–H groups in total. The Kier molecular flexibility index (Phi) is 2.69. The summed E-state index contributed by atoms with van der Waals surface area (Å²) in [5.41, 5.74) is 0.0284. The average molecular weight is 241 g/mol. The van der Waals surface area contributed by atoms with E-state index in [0.29, 0.717) is 12.0 Å². The highest BCUT2D eigenvalue weighted by molar-refractivity contribution is 7.89. The van der Waals surface area contributed by atoms with Gasteiger partial charge in [0.15, 0.2) is 6.29 Å². The predicted octanol–water partition coefficient (Wildman–Crippen LogP) is 0.688. The van der Waals surface area contributed by atoms with Crippen LogP contribution in [-0.4, -0.2) is 20.8 Å². The van der Waals surface area contributed by atoms with Crippen molar-refractivity contribution in [2.75, 3.05) is 0 Å². The Bertz CT molecular complexity index is 520. The summed E-state index contributed by atoms with van der Waals surface area (Å²) in [6, 6.07) is 4.19. The van der Waals surface area contributed by atoms with Crippen LogP contribution in [0.4, 0.5) is 0 Å². The lowest BCUT2D eigenvalue weighted by atomic mass is 10.2. The molecule has 1 saturated carbocycles. The predicted molar refractivity (Wildman–Crippen MR) is 56.9 cm³/mol. The Morgan fingerprint density at radius 1 is 1.38 bits per heavy atom. The normalized spacial score (nSPS) is 15.8. The monoisotopic (exact) mass is 241 g/mol. The average Bonchev–Trinajstić information content (AvgIpc) is 3.00. The minimum absolute atomic E-state index is 0.0284. The van der Waals surface area contributed by atoms with Crippen LogP contribution < -0.4 is 9.88 Å². The highest BCUT2D eigenvalue weighted by Crippen LogP contribution is 2.28. The number of primary sulfonamides is 1. The van der Waals surface area contributed by atoms with Crippen molar-refractivity contribution >= 4 is 16.3 Å². The van der Waals surface area contributed by atoms with Crippen LogP contribution in [0.1, 0.15) is 23.2 Å². The molecular formula is C10H11NO4S. The molecule has 0 aromatic heterocycles. The fraction of sp³-hybridized carbons (Fsp3) is 0.300. The number of rotatable bonds is 4. The fourth-order valence-corrected chi connectivity index (χ4v) is 2.02. The van der Waals surface area contributed by atoms with Gasteiger partial charge in [0.1, 0.15) is 5.75 Å². The first-order chi connectivity index (χ1) is 7.50. The molecule has 0 aliphatic heterocycles. The molecule has 0 bridgehead atoms. The molecule has 0 saturated heterocycles. The fourth-order valence-electron chi connectivity index (χ4n) is 1.33. The van der Waals surface area contributed by atoms with Crippen molar-refractivity contribution in [2.24, 2.45) is 5.14 Å². The number of nitrogens with two attached hydrogens (primary N) is 1. The minimum Gasteiger partial charge on any atom is -0.490 e. The van der Waals surface area contributed by atoms with Crippen LogP contribution in [0.15, 0.2) is 23.1 Å². The smallest absolute Gasteiger partial charge is 0.238 e. The summed E-state index contributed by atoms with van der Waals surface area (Å²) in [7, 11) is -3.86. The zero-order valence-corrected chi connectivity index (χ0v) is 9.24. The van der Waals surface area contributed by atoms with Crippen LogP contribution in [0, 0.1) is 0 Å². The summed E-state index contributed by atoms with van der Waals surface area (Å²) in [5.74, 6) is 0.497. The second-order valence-corrected chi connectivity index (χ2v) is 5.21. The molecular weight excluding hydrogens is 230 g/mol. The molecule has 1 aromatic carbocycles. The van der Waals surface area contributed by atoms with Crippen molar-refractivity contribution < 1.29 is 17.9 Å². The van der Waals surface area contributed by atoms with Crippen molar-refractivity contribution in [1.82, 2.24) is 0 Å². The van der Waals surface area contributed by atoms with E-state index in [1.54, 1.807) is 0 Å². The molecule has 6 heteroatoms.